The zero-order valence-electron chi connectivity index (χ0n) is 9.76. The zero-order valence-corrected chi connectivity index (χ0v) is 9.76. The highest BCUT2D eigenvalue weighted by Crippen LogP contribution is 2.07. The van der Waals surface area contributed by atoms with Gasteiger partial charge in [0.15, 0.2) is 0 Å². The Bertz CT molecular complexity index is 330. The number of para-hydroxylation sites is 1. The Hall–Kier alpha value is -1.59. The summed E-state index contributed by atoms with van der Waals surface area (Å²) in [6.45, 7) is 1.21. The van der Waals surface area contributed by atoms with E-state index in [1.165, 1.54) is 0 Å². The number of nitrogens with one attached hydrogen (secondary N) is 1. The molecule has 0 saturated heterocycles. The number of carbonyl (C=O) groups is 1. The van der Waals surface area contributed by atoms with Gasteiger partial charge in [-0.15, -0.1) is 0 Å². The van der Waals surface area contributed by atoms with Crippen molar-refractivity contribution in [2.24, 2.45) is 11.5 Å². The first-order valence-corrected chi connectivity index (χ1v) is 5.62. The molecule has 1 aromatic carbocycles. The Balaban J connectivity index is 2.10. The van der Waals surface area contributed by atoms with Crippen LogP contribution in [-0.4, -0.2) is 31.6 Å². The smallest absolute Gasteiger partial charge is 0.221 e. The fraction of sp³-hybridized carbons (Fsp3) is 0.417. The van der Waals surface area contributed by atoms with E-state index in [1.807, 2.05) is 30.3 Å². The lowest BCUT2D eigenvalue weighted by Crippen LogP contribution is -2.37. The second-order valence-corrected chi connectivity index (χ2v) is 3.71. The van der Waals surface area contributed by atoms with Gasteiger partial charge in [-0.05, 0) is 12.1 Å². The summed E-state index contributed by atoms with van der Waals surface area (Å²) in [6.07, 6.45) is 0.252. The van der Waals surface area contributed by atoms with Gasteiger partial charge in [0.05, 0.1) is 6.54 Å². The molecule has 0 aliphatic heterocycles. The molecule has 1 rings (SSSR count). The van der Waals surface area contributed by atoms with Gasteiger partial charge in [0, 0.05) is 19.0 Å². The lowest BCUT2D eigenvalue weighted by molar-refractivity contribution is -0.121. The largest absolute Gasteiger partial charge is 0.492 e. The van der Waals surface area contributed by atoms with Gasteiger partial charge >= 0.3 is 0 Å². The molecule has 0 bridgehead atoms. The van der Waals surface area contributed by atoms with E-state index in [2.05, 4.69) is 5.32 Å². The summed E-state index contributed by atoms with van der Waals surface area (Å²) in [5, 5.41) is 2.72. The van der Waals surface area contributed by atoms with Crippen LogP contribution in [0.5, 0.6) is 5.75 Å². The van der Waals surface area contributed by atoms with Crippen LogP contribution in [0.2, 0.25) is 0 Å². The van der Waals surface area contributed by atoms with Gasteiger partial charge < -0.3 is 21.5 Å². The van der Waals surface area contributed by atoms with Crippen molar-refractivity contribution in [1.29, 1.82) is 0 Å². The summed E-state index contributed by atoms with van der Waals surface area (Å²) in [4.78, 5) is 11.3. The molecule has 5 nitrogen and oxygen atoms in total. The highest BCUT2D eigenvalue weighted by atomic mass is 16.5. The van der Waals surface area contributed by atoms with Crippen molar-refractivity contribution >= 4 is 5.91 Å². The Labute approximate surface area is 101 Å². The number of ether oxygens (including phenoxy) is 1. The normalized spacial score (nSPS) is 11.9. The molecule has 0 saturated carbocycles. The highest BCUT2D eigenvalue weighted by Gasteiger charge is 2.06. The van der Waals surface area contributed by atoms with Crippen molar-refractivity contribution in [2.75, 3.05) is 19.7 Å². The maximum atomic E-state index is 11.3. The molecular formula is C12H19N3O2. The second-order valence-electron chi connectivity index (χ2n) is 3.71. The number of carbonyl (C=O) groups excluding carboxylic acids is 1. The fourth-order valence-corrected chi connectivity index (χ4v) is 1.27. The van der Waals surface area contributed by atoms with E-state index in [4.69, 9.17) is 16.2 Å². The van der Waals surface area contributed by atoms with Gasteiger partial charge in [-0.25, -0.2) is 0 Å². The van der Waals surface area contributed by atoms with Crippen molar-refractivity contribution in [2.45, 2.75) is 12.5 Å². The predicted octanol–water partition coefficient (Wildman–Crippen LogP) is -0.142. The number of hydrogen-bond acceptors (Lipinski definition) is 4. The van der Waals surface area contributed by atoms with Crippen molar-refractivity contribution in [3.8, 4) is 5.75 Å². The van der Waals surface area contributed by atoms with Crippen molar-refractivity contribution in [3.05, 3.63) is 30.3 Å². The van der Waals surface area contributed by atoms with E-state index in [0.29, 0.717) is 19.7 Å². The predicted molar refractivity (Wildman–Crippen MR) is 66.6 cm³/mol. The molecular weight excluding hydrogens is 218 g/mol. The first kappa shape index (κ1) is 13.5. The molecule has 0 aliphatic rings. The molecule has 5 heteroatoms. The van der Waals surface area contributed by atoms with Gasteiger partial charge in [0.25, 0.3) is 0 Å². The first-order valence-electron chi connectivity index (χ1n) is 5.62. The monoisotopic (exact) mass is 237 g/mol. The van der Waals surface area contributed by atoms with Crippen LogP contribution < -0.4 is 21.5 Å². The lowest BCUT2D eigenvalue weighted by atomic mass is 10.2. The molecule has 1 aromatic rings. The average molecular weight is 237 g/mol. The summed E-state index contributed by atoms with van der Waals surface area (Å²) < 4.78 is 5.42. The third-order valence-corrected chi connectivity index (χ3v) is 2.19. The van der Waals surface area contributed by atoms with Crippen LogP contribution in [0.15, 0.2) is 30.3 Å². The Morgan fingerprint density at radius 2 is 2.06 bits per heavy atom. The van der Waals surface area contributed by atoms with Crippen molar-refractivity contribution < 1.29 is 9.53 Å². The molecule has 94 valence electrons. The molecule has 0 aliphatic carbocycles. The van der Waals surface area contributed by atoms with E-state index < -0.39 is 0 Å². The molecule has 0 spiro atoms. The van der Waals surface area contributed by atoms with Crippen LogP contribution in [0.3, 0.4) is 0 Å². The van der Waals surface area contributed by atoms with E-state index in [0.717, 1.165) is 5.75 Å². The Morgan fingerprint density at radius 1 is 1.35 bits per heavy atom. The van der Waals surface area contributed by atoms with Gasteiger partial charge in [-0.3, -0.25) is 4.79 Å². The molecule has 0 fully saturated rings. The number of hydrogen-bond donors (Lipinski definition) is 3. The minimum Gasteiger partial charge on any atom is -0.492 e. The van der Waals surface area contributed by atoms with Crippen LogP contribution in [0, 0.1) is 0 Å². The van der Waals surface area contributed by atoms with Crippen LogP contribution in [0.4, 0.5) is 0 Å². The topological polar surface area (TPSA) is 90.4 Å². The van der Waals surface area contributed by atoms with E-state index in [-0.39, 0.29) is 18.4 Å². The van der Waals surface area contributed by atoms with E-state index in [1.54, 1.807) is 0 Å². The minimum atomic E-state index is -0.273. The molecule has 17 heavy (non-hydrogen) atoms. The van der Waals surface area contributed by atoms with Crippen LogP contribution in [0.1, 0.15) is 6.42 Å². The maximum Gasteiger partial charge on any atom is 0.221 e. The molecule has 1 amide bonds. The number of benzene rings is 1. The number of amides is 1. The maximum absolute atomic E-state index is 11.3. The molecule has 1 unspecified atom stereocenters. The summed E-state index contributed by atoms with van der Waals surface area (Å²) in [5.74, 6) is 0.694. The highest BCUT2D eigenvalue weighted by molar-refractivity contribution is 5.76. The summed E-state index contributed by atoms with van der Waals surface area (Å²) >= 11 is 0. The molecule has 0 heterocycles. The molecule has 0 radical (unpaired) electrons. The molecule has 1 atom stereocenters. The summed E-state index contributed by atoms with van der Waals surface area (Å²) in [5.41, 5.74) is 10.9. The van der Waals surface area contributed by atoms with Crippen LogP contribution in [-0.2, 0) is 4.79 Å². The summed E-state index contributed by atoms with van der Waals surface area (Å²) in [7, 11) is 0. The average Bonchev–Trinajstić information content (AvgIpc) is 2.36. The van der Waals surface area contributed by atoms with E-state index in [9.17, 15) is 4.79 Å². The van der Waals surface area contributed by atoms with Gasteiger partial charge in [0.1, 0.15) is 12.4 Å². The SMILES string of the molecule is NCC(N)CC(=O)NCCOc1ccccc1. The Kier molecular flexibility index (Phi) is 6.06. The minimum absolute atomic E-state index is 0.0976. The van der Waals surface area contributed by atoms with Crippen molar-refractivity contribution in [3.63, 3.8) is 0 Å². The third-order valence-electron chi connectivity index (χ3n) is 2.19. The van der Waals surface area contributed by atoms with Crippen LogP contribution >= 0.6 is 0 Å². The number of nitrogens with two attached hydrogens (primary N) is 2. The third kappa shape index (κ3) is 5.89. The zero-order chi connectivity index (χ0) is 12.5. The number of rotatable bonds is 7. The molecule has 0 aromatic heterocycles. The van der Waals surface area contributed by atoms with Gasteiger partial charge in [0.2, 0.25) is 5.91 Å². The quantitative estimate of drug-likeness (QED) is 0.576. The lowest BCUT2D eigenvalue weighted by Gasteiger charge is -2.10. The van der Waals surface area contributed by atoms with Crippen LogP contribution in [0.25, 0.3) is 0 Å². The summed E-state index contributed by atoms with van der Waals surface area (Å²) in [6, 6.07) is 9.17. The standard InChI is InChI=1S/C12H19N3O2/c13-9-10(14)8-12(16)15-6-7-17-11-4-2-1-3-5-11/h1-5,10H,6-9,13-14H2,(H,15,16). The van der Waals surface area contributed by atoms with E-state index >= 15 is 0 Å². The second kappa shape index (κ2) is 7.65. The molecule has 5 N–H and O–H groups in total. The van der Waals surface area contributed by atoms with Gasteiger partial charge in [-0.1, -0.05) is 18.2 Å². The first-order chi connectivity index (χ1) is 8.22. The fourth-order valence-electron chi connectivity index (χ4n) is 1.27. The Morgan fingerprint density at radius 3 is 2.71 bits per heavy atom. The van der Waals surface area contributed by atoms with Crippen molar-refractivity contribution in [1.82, 2.24) is 5.32 Å². The van der Waals surface area contributed by atoms with Gasteiger partial charge in [-0.2, -0.15) is 0 Å².